The van der Waals surface area contributed by atoms with Crippen molar-refractivity contribution < 1.29 is 9.13 Å². The molecule has 2 atom stereocenters. The van der Waals surface area contributed by atoms with Gasteiger partial charge in [-0.05, 0) is 23.8 Å². The van der Waals surface area contributed by atoms with Gasteiger partial charge in [0.25, 0.3) is 0 Å². The SMILES string of the molecule is CO[C@H](c1ccc(-n2cccn2)cc1)[C@H](N)CF. The largest absolute Gasteiger partial charge is 0.375 e. The lowest BCUT2D eigenvalue weighted by Crippen LogP contribution is -2.31. The number of hydrogen-bond acceptors (Lipinski definition) is 3. The normalized spacial score (nSPS) is 14.4. The zero-order valence-corrected chi connectivity index (χ0v) is 10.2. The minimum absolute atomic E-state index is 0.429. The molecule has 0 radical (unpaired) electrons. The Balaban J connectivity index is 2.21. The zero-order valence-electron chi connectivity index (χ0n) is 10.2. The van der Waals surface area contributed by atoms with Gasteiger partial charge < -0.3 is 10.5 Å². The van der Waals surface area contributed by atoms with Crippen molar-refractivity contribution in [1.29, 1.82) is 0 Å². The van der Waals surface area contributed by atoms with Crippen LogP contribution in [0, 0.1) is 0 Å². The lowest BCUT2D eigenvalue weighted by atomic mass is 10.0. The van der Waals surface area contributed by atoms with Gasteiger partial charge in [-0.2, -0.15) is 5.10 Å². The summed E-state index contributed by atoms with van der Waals surface area (Å²) in [7, 11) is 1.53. The van der Waals surface area contributed by atoms with Gasteiger partial charge in [0.15, 0.2) is 0 Å². The van der Waals surface area contributed by atoms with E-state index in [0.29, 0.717) is 0 Å². The molecule has 0 aliphatic carbocycles. The molecule has 96 valence electrons. The van der Waals surface area contributed by atoms with Crippen molar-refractivity contribution in [2.75, 3.05) is 13.8 Å². The molecule has 0 amide bonds. The van der Waals surface area contributed by atoms with Gasteiger partial charge in [-0.3, -0.25) is 0 Å². The molecule has 0 fully saturated rings. The van der Waals surface area contributed by atoms with Crippen LogP contribution in [0.2, 0.25) is 0 Å². The highest BCUT2D eigenvalue weighted by Gasteiger charge is 2.19. The van der Waals surface area contributed by atoms with Crippen LogP contribution >= 0.6 is 0 Å². The molecule has 2 rings (SSSR count). The zero-order chi connectivity index (χ0) is 13.0. The fourth-order valence-electron chi connectivity index (χ4n) is 1.88. The number of hydrogen-bond donors (Lipinski definition) is 1. The molecule has 0 spiro atoms. The molecule has 4 nitrogen and oxygen atoms in total. The maximum Gasteiger partial charge on any atom is 0.107 e. The third kappa shape index (κ3) is 2.57. The average Bonchev–Trinajstić information content (AvgIpc) is 2.94. The van der Waals surface area contributed by atoms with Crippen molar-refractivity contribution in [2.24, 2.45) is 5.73 Å². The quantitative estimate of drug-likeness (QED) is 0.880. The van der Waals surface area contributed by atoms with Crippen molar-refractivity contribution in [3.05, 3.63) is 48.3 Å². The smallest absolute Gasteiger partial charge is 0.107 e. The summed E-state index contributed by atoms with van der Waals surface area (Å²) < 4.78 is 19.6. The lowest BCUT2D eigenvalue weighted by Gasteiger charge is -2.20. The van der Waals surface area contributed by atoms with Gasteiger partial charge in [0.1, 0.15) is 6.67 Å². The Morgan fingerprint density at radius 3 is 2.61 bits per heavy atom. The molecule has 2 aromatic rings. The molecular weight excluding hydrogens is 233 g/mol. The van der Waals surface area contributed by atoms with Crippen molar-refractivity contribution in [1.82, 2.24) is 9.78 Å². The van der Waals surface area contributed by atoms with E-state index in [1.807, 2.05) is 36.5 Å². The molecule has 0 bridgehead atoms. The first-order valence-electron chi connectivity index (χ1n) is 5.70. The molecular formula is C13H16FN3O. The van der Waals surface area contributed by atoms with Gasteiger partial charge in [-0.15, -0.1) is 0 Å². The highest BCUT2D eigenvalue weighted by molar-refractivity contribution is 5.35. The number of nitrogens with two attached hydrogens (primary N) is 1. The van der Waals surface area contributed by atoms with Crippen LogP contribution in [0.25, 0.3) is 5.69 Å². The first-order valence-corrected chi connectivity index (χ1v) is 5.70. The molecule has 1 aromatic carbocycles. The highest BCUT2D eigenvalue weighted by atomic mass is 19.1. The summed E-state index contributed by atoms with van der Waals surface area (Å²) in [5.41, 5.74) is 7.47. The number of ether oxygens (including phenoxy) is 1. The van der Waals surface area contributed by atoms with Crippen LogP contribution in [-0.4, -0.2) is 29.6 Å². The minimum Gasteiger partial charge on any atom is -0.375 e. The maximum atomic E-state index is 12.6. The molecule has 5 heteroatoms. The van der Waals surface area contributed by atoms with Crippen LogP contribution in [-0.2, 0) is 4.74 Å². The van der Waals surface area contributed by atoms with Crippen LogP contribution in [0.15, 0.2) is 42.7 Å². The number of aromatic nitrogens is 2. The van der Waals surface area contributed by atoms with Crippen LogP contribution in [0.1, 0.15) is 11.7 Å². The van der Waals surface area contributed by atoms with Crippen molar-refractivity contribution in [3.63, 3.8) is 0 Å². The summed E-state index contributed by atoms with van der Waals surface area (Å²) in [6.45, 7) is -0.612. The summed E-state index contributed by atoms with van der Waals surface area (Å²) in [4.78, 5) is 0. The van der Waals surface area contributed by atoms with Crippen molar-refractivity contribution in [2.45, 2.75) is 12.1 Å². The fourth-order valence-corrected chi connectivity index (χ4v) is 1.88. The van der Waals surface area contributed by atoms with Gasteiger partial charge in [-0.25, -0.2) is 9.07 Å². The van der Waals surface area contributed by atoms with Crippen LogP contribution in [0.3, 0.4) is 0 Å². The van der Waals surface area contributed by atoms with E-state index in [1.165, 1.54) is 7.11 Å². The van der Waals surface area contributed by atoms with Gasteiger partial charge in [0.05, 0.1) is 17.8 Å². The number of benzene rings is 1. The first kappa shape index (κ1) is 12.7. The van der Waals surface area contributed by atoms with Gasteiger partial charge in [0.2, 0.25) is 0 Å². The van der Waals surface area contributed by atoms with Gasteiger partial charge in [-0.1, -0.05) is 12.1 Å². The predicted molar refractivity (Wildman–Crippen MR) is 67.3 cm³/mol. The summed E-state index contributed by atoms with van der Waals surface area (Å²) >= 11 is 0. The Bertz CT molecular complexity index is 469. The highest BCUT2D eigenvalue weighted by Crippen LogP contribution is 2.21. The third-order valence-corrected chi connectivity index (χ3v) is 2.81. The Morgan fingerprint density at radius 1 is 1.39 bits per heavy atom. The molecule has 0 saturated heterocycles. The number of alkyl halides is 1. The van der Waals surface area contributed by atoms with E-state index in [4.69, 9.17) is 10.5 Å². The standard InChI is InChI=1S/C13H16FN3O/c1-18-13(12(15)9-14)10-3-5-11(6-4-10)17-8-2-7-16-17/h2-8,12-13H,9,15H2,1H3/t12-,13-/m1/s1. The second-order valence-corrected chi connectivity index (χ2v) is 4.02. The monoisotopic (exact) mass is 249 g/mol. The molecule has 2 N–H and O–H groups in total. The summed E-state index contributed by atoms with van der Waals surface area (Å²) in [5.74, 6) is 0. The van der Waals surface area contributed by atoms with E-state index in [9.17, 15) is 4.39 Å². The summed E-state index contributed by atoms with van der Waals surface area (Å²) in [5, 5.41) is 4.13. The molecule has 1 aromatic heterocycles. The van der Waals surface area contributed by atoms with Crippen LogP contribution in [0.4, 0.5) is 4.39 Å². The Kier molecular flexibility index (Phi) is 4.07. The molecule has 1 heterocycles. The van der Waals surface area contributed by atoms with E-state index in [0.717, 1.165) is 11.3 Å². The molecule has 0 saturated carbocycles. The number of rotatable bonds is 5. The maximum absolute atomic E-state index is 12.6. The summed E-state index contributed by atoms with van der Waals surface area (Å²) in [6.07, 6.45) is 3.14. The molecule has 0 unspecified atom stereocenters. The van der Waals surface area contributed by atoms with Gasteiger partial charge in [0, 0.05) is 19.5 Å². The first-order chi connectivity index (χ1) is 8.76. The Labute approximate surface area is 105 Å². The van der Waals surface area contributed by atoms with Gasteiger partial charge >= 0.3 is 0 Å². The molecule has 0 aliphatic rings. The van der Waals surface area contributed by atoms with Crippen LogP contribution < -0.4 is 5.73 Å². The van der Waals surface area contributed by atoms with E-state index in [1.54, 1.807) is 10.9 Å². The van der Waals surface area contributed by atoms with Crippen molar-refractivity contribution >= 4 is 0 Å². The second kappa shape index (κ2) is 5.75. The number of nitrogens with zero attached hydrogens (tertiary/aromatic N) is 2. The topological polar surface area (TPSA) is 53.1 Å². The fraction of sp³-hybridized carbons (Fsp3) is 0.308. The average molecular weight is 249 g/mol. The van der Waals surface area contributed by atoms with E-state index < -0.39 is 18.8 Å². The molecule has 18 heavy (non-hydrogen) atoms. The second-order valence-electron chi connectivity index (χ2n) is 4.02. The van der Waals surface area contributed by atoms with Crippen LogP contribution in [0.5, 0.6) is 0 Å². The van der Waals surface area contributed by atoms with E-state index >= 15 is 0 Å². The number of halogens is 1. The van der Waals surface area contributed by atoms with Crippen molar-refractivity contribution in [3.8, 4) is 5.69 Å². The molecule has 0 aliphatic heterocycles. The van der Waals surface area contributed by atoms with E-state index in [-0.39, 0.29) is 0 Å². The number of methoxy groups -OCH3 is 1. The minimum atomic E-state index is -0.648. The Hall–Kier alpha value is -1.72. The lowest BCUT2D eigenvalue weighted by molar-refractivity contribution is 0.0721. The predicted octanol–water partition coefficient (Wildman–Crippen LogP) is 1.86. The van der Waals surface area contributed by atoms with E-state index in [2.05, 4.69) is 5.10 Å². The Morgan fingerprint density at radius 2 is 2.11 bits per heavy atom. The summed E-state index contributed by atoms with van der Waals surface area (Å²) in [6, 6.07) is 8.76. The third-order valence-electron chi connectivity index (χ3n) is 2.81.